The Balaban J connectivity index is 1.71. The summed E-state index contributed by atoms with van der Waals surface area (Å²) >= 11 is 1.40. The molecule has 0 spiro atoms. The van der Waals surface area contributed by atoms with Gasteiger partial charge >= 0.3 is 12.1 Å². The number of amides is 2. The van der Waals surface area contributed by atoms with E-state index in [2.05, 4.69) is 4.74 Å². The van der Waals surface area contributed by atoms with Crippen LogP contribution in [0.15, 0.2) is 0 Å². The van der Waals surface area contributed by atoms with Crippen molar-refractivity contribution >= 4 is 29.7 Å². The van der Waals surface area contributed by atoms with E-state index in [4.69, 9.17) is 5.11 Å². The number of carbonyl (C=O) groups excluding carboxylic acids is 2. The minimum Gasteiger partial charge on any atom is -0.481 e. The van der Waals surface area contributed by atoms with Crippen molar-refractivity contribution in [3.8, 4) is 0 Å². The molecule has 2 aliphatic rings. The molecule has 0 aromatic carbocycles. The SMILES string of the molecule is O=C(O)CC1(CSCC(=O)N2CCOC2=O)CC1. The summed E-state index contributed by atoms with van der Waals surface area (Å²) in [6, 6.07) is 0. The van der Waals surface area contributed by atoms with Crippen LogP contribution in [0.4, 0.5) is 4.79 Å². The largest absolute Gasteiger partial charge is 0.481 e. The molecule has 2 fully saturated rings. The number of ether oxygens (including phenoxy) is 1. The molecule has 1 heterocycles. The first-order chi connectivity index (χ1) is 8.52. The second-order valence-corrected chi connectivity index (χ2v) is 5.71. The number of nitrogens with zero attached hydrogens (tertiary/aromatic N) is 1. The first-order valence-corrected chi connectivity index (χ1v) is 6.95. The minimum atomic E-state index is -0.789. The highest BCUT2D eigenvalue weighted by atomic mass is 32.2. The molecular formula is C11H15NO5S. The Kier molecular flexibility index (Phi) is 3.79. The molecule has 0 radical (unpaired) electrons. The molecule has 2 amide bonds. The van der Waals surface area contributed by atoms with Crippen LogP contribution in [-0.2, 0) is 14.3 Å². The lowest BCUT2D eigenvalue weighted by atomic mass is 10.1. The van der Waals surface area contributed by atoms with Crippen molar-refractivity contribution in [2.45, 2.75) is 19.3 Å². The van der Waals surface area contributed by atoms with Gasteiger partial charge in [-0.3, -0.25) is 9.59 Å². The number of hydrogen-bond donors (Lipinski definition) is 1. The molecule has 0 unspecified atom stereocenters. The van der Waals surface area contributed by atoms with Gasteiger partial charge in [0.05, 0.1) is 18.7 Å². The van der Waals surface area contributed by atoms with E-state index in [1.54, 1.807) is 0 Å². The maximum Gasteiger partial charge on any atom is 0.416 e. The number of thioether (sulfide) groups is 1. The molecule has 1 saturated carbocycles. The van der Waals surface area contributed by atoms with E-state index >= 15 is 0 Å². The van der Waals surface area contributed by atoms with Gasteiger partial charge < -0.3 is 9.84 Å². The van der Waals surface area contributed by atoms with Gasteiger partial charge in [-0.2, -0.15) is 11.8 Å². The highest BCUT2D eigenvalue weighted by Gasteiger charge is 2.44. The summed E-state index contributed by atoms with van der Waals surface area (Å²) in [6.07, 6.45) is 1.41. The van der Waals surface area contributed by atoms with Gasteiger partial charge in [-0.1, -0.05) is 0 Å². The lowest BCUT2D eigenvalue weighted by molar-refractivity contribution is -0.138. The van der Waals surface area contributed by atoms with E-state index in [0.717, 1.165) is 17.7 Å². The molecule has 1 aliphatic heterocycles. The van der Waals surface area contributed by atoms with E-state index in [-0.39, 0.29) is 30.1 Å². The molecule has 7 heteroatoms. The van der Waals surface area contributed by atoms with Crippen molar-refractivity contribution in [3.05, 3.63) is 0 Å². The highest BCUT2D eigenvalue weighted by Crippen LogP contribution is 2.50. The molecule has 18 heavy (non-hydrogen) atoms. The number of hydrogen-bond acceptors (Lipinski definition) is 5. The molecular weight excluding hydrogens is 258 g/mol. The number of aliphatic carboxylic acids is 1. The Morgan fingerprint density at radius 1 is 1.44 bits per heavy atom. The van der Waals surface area contributed by atoms with Crippen LogP contribution >= 0.6 is 11.8 Å². The van der Waals surface area contributed by atoms with Crippen molar-refractivity contribution in [2.75, 3.05) is 24.7 Å². The molecule has 0 aromatic rings. The van der Waals surface area contributed by atoms with Gasteiger partial charge in [0.25, 0.3) is 0 Å². The lowest BCUT2D eigenvalue weighted by Crippen LogP contribution is -2.33. The number of carboxylic acid groups (broad SMARTS) is 1. The second kappa shape index (κ2) is 5.17. The molecule has 6 nitrogen and oxygen atoms in total. The van der Waals surface area contributed by atoms with E-state index in [9.17, 15) is 14.4 Å². The van der Waals surface area contributed by atoms with E-state index in [0.29, 0.717) is 12.3 Å². The highest BCUT2D eigenvalue weighted by molar-refractivity contribution is 8.00. The quantitative estimate of drug-likeness (QED) is 0.775. The topological polar surface area (TPSA) is 83.9 Å². The Morgan fingerprint density at radius 2 is 2.17 bits per heavy atom. The lowest BCUT2D eigenvalue weighted by Gasteiger charge is -2.13. The zero-order valence-electron chi connectivity index (χ0n) is 9.89. The maximum atomic E-state index is 11.7. The molecule has 100 valence electrons. The summed E-state index contributed by atoms with van der Waals surface area (Å²) < 4.78 is 4.68. The smallest absolute Gasteiger partial charge is 0.416 e. The van der Waals surface area contributed by atoms with Gasteiger partial charge in [0.1, 0.15) is 6.61 Å². The first-order valence-electron chi connectivity index (χ1n) is 5.79. The van der Waals surface area contributed by atoms with Crippen molar-refractivity contribution in [1.82, 2.24) is 4.90 Å². The molecule has 0 atom stereocenters. The summed E-state index contributed by atoms with van der Waals surface area (Å²) in [6.45, 7) is 0.580. The summed E-state index contributed by atoms with van der Waals surface area (Å²) in [7, 11) is 0. The van der Waals surface area contributed by atoms with Crippen LogP contribution in [-0.4, -0.2) is 52.6 Å². The van der Waals surface area contributed by atoms with Crippen LogP contribution in [0.3, 0.4) is 0 Å². The van der Waals surface area contributed by atoms with Gasteiger partial charge in [-0.25, -0.2) is 9.69 Å². The molecule has 2 rings (SSSR count). The summed E-state index contributed by atoms with van der Waals surface area (Å²) in [4.78, 5) is 34.6. The Morgan fingerprint density at radius 3 is 2.67 bits per heavy atom. The van der Waals surface area contributed by atoms with Crippen LogP contribution in [0.2, 0.25) is 0 Å². The second-order valence-electron chi connectivity index (χ2n) is 4.72. The van der Waals surface area contributed by atoms with Crippen LogP contribution in [0.5, 0.6) is 0 Å². The molecule has 0 bridgehead atoms. The first kappa shape index (κ1) is 13.2. The number of carboxylic acids is 1. The Labute approximate surface area is 109 Å². The van der Waals surface area contributed by atoms with Crippen LogP contribution in [0, 0.1) is 5.41 Å². The van der Waals surface area contributed by atoms with E-state index < -0.39 is 12.1 Å². The van der Waals surface area contributed by atoms with Crippen LogP contribution < -0.4 is 0 Å². The van der Waals surface area contributed by atoms with Gasteiger partial charge in [0.15, 0.2) is 0 Å². The van der Waals surface area contributed by atoms with Crippen LogP contribution in [0.25, 0.3) is 0 Å². The van der Waals surface area contributed by atoms with Crippen molar-refractivity contribution < 1.29 is 24.2 Å². The standard InChI is InChI=1S/C11H15NO5S/c13-8(12-3-4-17-10(12)16)6-18-7-11(1-2-11)5-9(14)15/h1-7H2,(H,14,15). The third-order valence-electron chi connectivity index (χ3n) is 3.18. The van der Waals surface area contributed by atoms with Gasteiger partial charge in [0, 0.05) is 0 Å². The van der Waals surface area contributed by atoms with E-state index in [1.807, 2.05) is 0 Å². The summed E-state index contributed by atoms with van der Waals surface area (Å²) in [5.41, 5.74) is -0.123. The third kappa shape index (κ3) is 3.16. The number of imide groups is 1. The fourth-order valence-electron chi connectivity index (χ4n) is 1.92. The average Bonchev–Trinajstić information content (AvgIpc) is 2.88. The fourth-order valence-corrected chi connectivity index (χ4v) is 3.18. The van der Waals surface area contributed by atoms with Gasteiger partial charge in [-0.05, 0) is 24.0 Å². The Hall–Kier alpha value is -1.24. The summed E-state index contributed by atoms with van der Waals surface area (Å²) in [5, 5.41) is 8.76. The van der Waals surface area contributed by atoms with Crippen molar-refractivity contribution in [1.29, 1.82) is 0 Å². The zero-order valence-corrected chi connectivity index (χ0v) is 10.7. The van der Waals surface area contributed by atoms with Gasteiger partial charge in [0.2, 0.25) is 5.91 Å². The zero-order chi connectivity index (χ0) is 13.2. The predicted molar refractivity (Wildman–Crippen MR) is 64.3 cm³/mol. The monoisotopic (exact) mass is 273 g/mol. The maximum absolute atomic E-state index is 11.7. The number of carbonyl (C=O) groups is 3. The normalized spacial score (nSPS) is 20.7. The molecule has 0 aromatic heterocycles. The average molecular weight is 273 g/mol. The van der Waals surface area contributed by atoms with Gasteiger partial charge in [-0.15, -0.1) is 0 Å². The van der Waals surface area contributed by atoms with Crippen molar-refractivity contribution in [3.63, 3.8) is 0 Å². The molecule has 1 N–H and O–H groups in total. The number of rotatable bonds is 6. The minimum absolute atomic E-state index is 0.123. The van der Waals surface area contributed by atoms with Crippen molar-refractivity contribution in [2.24, 2.45) is 5.41 Å². The number of cyclic esters (lactones) is 1. The molecule has 1 aliphatic carbocycles. The molecule has 1 saturated heterocycles. The fraction of sp³-hybridized carbons (Fsp3) is 0.727. The third-order valence-corrected chi connectivity index (χ3v) is 4.45. The van der Waals surface area contributed by atoms with Crippen LogP contribution in [0.1, 0.15) is 19.3 Å². The Bertz CT molecular complexity index is 380. The summed E-state index contributed by atoms with van der Waals surface area (Å²) in [5.74, 6) is -0.180. The predicted octanol–water partition coefficient (Wildman–Crippen LogP) is 0.953. The van der Waals surface area contributed by atoms with E-state index in [1.165, 1.54) is 11.8 Å².